The van der Waals surface area contributed by atoms with E-state index in [0.29, 0.717) is 6.42 Å². The molecule has 57 heavy (non-hydrogen) atoms. The molecule has 2 atom stereocenters. The minimum absolute atomic E-state index is 0.0783. The van der Waals surface area contributed by atoms with Gasteiger partial charge >= 0.3 is 13.8 Å². The van der Waals surface area contributed by atoms with Crippen LogP contribution in [0, 0.1) is 0 Å². The number of carbonyl (C=O) groups is 2. The zero-order valence-electron chi connectivity index (χ0n) is 36.8. The highest BCUT2D eigenvalue weighted by Crippen LogP contribution is 2.42. The highest BCUT2D eigenvalue weighted by molar-refractivity contribution is 7.47. The van der Waals surface area contributed by atoms with Crippen LogP contribution in [0.1, 0.15) is 219 Å². The number of amides is 1. The van der Waals surface area contributed by atoms with Gasteiger partial charge in [-0.05, 0) is 51.4 Å². The van der Waals surface area contributed by atoms with E-state index >= 15 is 0 Å². The van der Waals surface area contributed by atoms with Crippen LogP contribution in [0.5, 0.6) is 0 Å². The third kappa shape index (κ3) is 45.2. The molecule has 0 saturated carbocycles. The second-order valence-corrected chi connectivity index (χ2v) is 17.2. The highest BCUT2D eigenvalue weighted by atomic mass is 31.2. The molecule has 0 aliphatic rings. The van der Waals surface area contributed by atoms with Gasteiger partial charge < -0.3 is 20.1 Å². The summed E-state index contributed by atoms with van der Waals surface area (Å²) in [6.07, 6.45) is 49.3. The molecule has 334 valence electrons. The number of hydrogen-bond acceptors (Lipinski definition) is 7. The van der Waals surface area contributed by atoms with E-state index in [2.05, 4.69) is 55.6 Å². The van der Waals surface area contributed by atoms with Gasteiger partial charge in [0.25, 0.3) is 0 Å². The summed E-state index contributed by atoms with van der Waals surface area (Å²) in [4.78, 5) is 34.0. The number of hydrogen-bond donors (Lipinski definition) is 3. The Morgan fingerprint density at radius 3 is 1.46 bits per heavy atom. The number of aliphatic hydroxyl groups is 1. The van der Waals surface area contributed by atoms with Crippen molar-refractivity contribution in [3.63, 3.8) is 0 Å². The van der Waals surface area contributed by atoms with E-state index in [0.717, 1.165) is 57.8 Å². The lowest BCUT2D eigenvalue weighted by atomic mass is 10.0. The van der Waals surface area contributed by atoms with Crippen molar-refractivity contribution in [2.24, 2.45) is 0 Å². The van der Waals surface area contributed by atoms with E-state index in [1.165, 1.54) is 135 Å². The molecule has 1 amide bonds. The van der Waals surface area contributed by atoms with Crippen LogP contribution in [-0.2, 0) is 27.9 Å². The molecule has 2 unspecified atom stereocenters. The molecular formula is C47H88NO8P. The van der Waals surface area contributed by atoms with E-state index in [4.69, 9.17) is 13.8 Å². The average Bonchev–Trinajstić information content (AvgIpc) is 3.20. The van der Waals surface area contributed by atoms with Gasteiger partial charge in [0.1, 0.15) is 12.7 Å². The normalized spacial score (nSPS) is 13.5. The number of carbonyl (C=O) groups excluding carboxylic acids is 2. The summed E-state index contributed by atoms with van der Waals surface area (Å²) in [6, 6.07) is 0. The highest BCUT2D eigenvalue weighted by Gasteiger charge is 2.23. The van der Waals surface area contributed by atoms with Crippen molar-refractivity contribution >= 4 is 19.7 Å². The van der Waals surface area contributed by atoms with Gasteiger partial charge in [0.15, 0.2) is 0 Å². The van der Waals surface area contributed by atoms with Crippen LogP contribution in [0.15, 0.2) is 36.5 Å². The Morgan fingerprint density at radius 2 is 0.947 bits per heavy atom. The molecule has 0 aromatic rings. The van der Waals surface area contributed by atoms with Gasteiger partial charge in [-0.25, -0.2) is 4.57 Å². The molecule has 9 nitrogen and oxygen atoms in total. The van der Waals surface area contributed by atoms with E-state index in [9.17, 15) is 24.2 Å². The molecule has 0 aliphatic carbocycles. The molecular weight excluding hydrogens is 737 g/mol. The van der Waals surface area contributed by atoms with E-state index in [1.54, 1.807) is 0 Å². The Labute approximate surface area is 350 Å². The SMILES string of the molecule is CCCCC/C=C\C/C=C\C/C=C\CCCCCCCCCCC(=O)NCCOP(=O)(O)OCC(O)COC(=O)CCCCCCCCCCCCCCCCC. The van der Waals surface area contributed by atoms with E-state index < -0.39 is 26.5 Å². The molecule has 0 fully saturated rings. The van der Waals surface area contributed by atoms with Crippen LogP contribution in [-0.4, -0.2) is 54.3 Å². The molecule has 0 heterocycles. The largest absolute Gasteiger partial charge is 0.472 e. The van der Waals surface area contributed by atoms with Crippen LogP contribution in [0.3, 0.4) is 0 Å². The fraction of sp³-hybridized carbons (Fsp3) is 0.830. The Balaban J connectivity index is 3.58. The molecule has 0 spiro atoms. The number of nitrogens with one attached hydrogen (secondary N) is 1. The van der Waals surface area contributed by atoms with Crippen LogP contribution < -0.4 is 5.32 Å². The van der Waals surface area contributed by atoms with Crippen LogP contribution in [0.2, 0.25) is 0 Å². The van der Waals surface area contributed by atoms with Crippen molar-refractivity contribution in [1.82, 2.24) is 5.32 Å². The molecule has 0 saturated heterocycles. The first-order chi connectivity index (χ1) is 27.8. The summed E-state index contributed by atoms with van der Waals surface area (Å²) in [5.74, 6) is -0.518. The summed E-state index contributed by atoms with van der Waals surface area (Å²) in [5.41, 5.74) is 0. The van der Waals surface area contributed by atoms with Gasteiger partial charge in [-0.15, -0.1) is 0 Å². The predicted molar refractivity (Wildman–Crippen MR) is 238 cm³/mol. The zero-order valence-corrected chi connectivity index (χ0v) is 37.7. The maximum atomic E-state index is 12.1. The molecule has 0 radical (unpaired) electrons. The van der Waals surface area contributed by atoms with E-state index in [-0.39, 0.29) is 32.1 Å². The van der Waals surface area contributed by atoms with Gasteiger partial charge in [0.2, 0.25) is 5.91 Å². The third-order valence-corrected chi connectivity index (χ3v) is 11.1. The summed E-state index contributed by atoms with van der Waals surface area (Å²) in [7, 11) is -4.42. The van der Waals surface area contributed by atoms with Gasteiger partial charge in [-0.2, -0.15) is 0 Å². The quantitative estimate of drug-likeness (QED) is 0.0239. The molecule has 0 aromatic carbocycles. The maximum Gasteiger partial charge on any atom is 0.472 e. The minimum atomic E-state index is -4.42. The number of aliphatic hydroxyl groups excluding tert-OH is 1. The van der Waals surface area contributed by atoms with Crippen molar-refractivity contribution in [2.45, 2.75) is 225 Å². The Hall–Kier alpha value is -1.77. The molecule has 0 bridgehead atoms. The monoisotopic (exact) mass is 826 g/mol. The summed E-state index contributed by atoms with van der Waals surface area (Å²) >= 11 is 0. The Bertz CT molecular complexity index is 1030. The third-order valence-electron chi connectivity index (χ3n) is 10.1. The average molecular weight is 826 g/mol. The number of phosphoric ester groups is 1. The lowest BCUT2D eigenvalue weighted by Gasteiger charge is -2.15. The van der Waals surface area contributed by atoms with Gasteiger partial charge in [0.05, 0.1) is 13.2 Å². The molecule has 0 aliphatic heterocycles. The van der Waals surface area contributed by atoms with Crippen molar-refractivity contribution in [3.8, 4) is 0 Å². The number of allylic oxidation sites excluding steroid dienone is 6. The second-order valence-electron chi connectivity index (χ2n) is 15.7. The predicted octanol–water partition coefficient (Wildman–Crippen LogP) is 13.3. The summed E-state index contributed by atoms with van der Waals surface area (Å²) in [5, 5.41) is 12.7. The lowest BCUT2D eigenvalue weighted by Crippen LogP contribution is -2.27. The van der Waals surface area contributed by atoms with Crippen LogP contribution in [0.25, 0.3) is 0 Å². The van der Waals surface area contributed by atoms with Crippen molar-refractivity contribution < 1.29 is 37.9 Å². The topological polar surface area (TPSA) is 131 Å². The van der Waals surface area contributed by atoms with Gasteiger partial charge in [-0.3, -0.25) is 18.6 Å². The number of ether oxygens (including phenoxy) is 1. The zero-order chi connectivity index (χ0) is 41.8. The standard InChI is InChI=1S/C47H88NO8P/c1-3-5-7-9-11-13-15-17-19-20-21-22-23-24-26-27-29-31-33-35-37-39-46(50)48-41-42-55-57(52,53)56-44-45(49)43-54-47(51)40-38-36-34-32-30-28-25-18-16-14-12-10-8-6-4-2/h11,13,17,19,21-22,45,49H,3-10,12,14-16,18,20,23-44H2,1-2H3,(H,48,50)(H,52,53)/b13-11-,19-17-,22-21-. The minimum Gasteiger partial charge on any atom is -0.463 e. The summed E-state index contributed by atoms with van der Waals surface area (Å²) < 4.78 is 26.9. The fourth-order valence-electron chi connectivity index (χ4n) is 6.51. The van der Waals surface area contributed by atoms with Crippen LogP contribution >= 0.6 is 7.82 Å². The Morgan fingerprint density at radius 1 is 0.544 bits per heavy atom. The lowest BCUT2D eigenvalue weighted by molar-refractivity contribution is -0.147. The van der Waals surface area contributed by atoms with Crippen molar-refractivity contribution in [3.05, 3.63) is 36.5 Å². The number of rotatable bonds is 44. The van der Waals surface area contributed by atoms with Crippen molar-refractivity contribution in [2.75, 3.05) is 26.4 Å². The smallest absolute Gasteiger partial charge is 0.463 e. The first-order valence-electron chi connectivity index (χ1n) is 23.5. The first-order valence-corrected chi connectivity index (χ1v) is 25.0. The second kappa shape index (κ2) is 43.8. The number of esters is 1. The number of unbranched alkanes of at least 4 members (excludes halogenated alkanes) is 25. The molecule has 0 rings (SSSR count). The van der Waals surface area contributed by atoms with Crippen LogP contribution in [0.4, 0.5) is 0 Å². The Kier molecular flexibility index (Phi) is 42.4. The number of phosphoric acid groups is 1. The van der Waals surface area contributed by atoms with Crippen molar-refractivity contribution in [1.29, 1.82) is 0 Å². The first kappa shape index (κ1) is 55.2. The fourth-order valence-corrected chi connectivity index (χ4v) is 7.26. The molecule has 0 aromatic heterocycles. The molecule has 3 N–H and O–H groups in total. The van der Waals surface area contributed by atoms with Gasteiger partial charge in [0, 0.05) is 19.4 Å². The van der Waals surface area contributed by atoms with E-state index in [1.807, 2.05) is 0 Å². The maximum absolute atomic E-state index is 12.1. The molecule has 10 heteroatoms. The summed E-state index contributed by atoms with van der Waals surface area (Å²) in [6.45, 7) is 3.54. The van der Waals surface area contributed by atoms with Gasteiger partial charge in [-0.1, -0.05) is 192 Å².